The molecule has 1 aliphatic heterocycles. The highest BCUT2D eigenvalue weighted by Crippen LogP contribution is 2.14. The van der Waals surface area contributed by atoms with Gasteiger partial charge in [-0.3, -0.25) is 9.59 Å². The molecule has 2 amide bonds. The van der Waals surface area contributed by atoms with Crippen LogP contribution in [0.25, 0.3) is 0 Å². The molecule has 0 aromatic carbocycles. The topological polar surface area (TPSA) is 97.1 Å². The molecule has 0 spiro atoms. The van der Waals surface area contributed by atoms with Crippen molar-refractivity contribution in [2.24, 2.45) is 5.92 Å². The summed E-state index contributed by atoms with van der Waals surface area (Å²) in [7, 11) is 0. The Hall–Kier alpha value is -1.82. The van der Waals surface area contributed by atoms with Crippen LogP contribution in [0.5, 0.6) is 0 Å². The number of hydrogen-bond donors (Lipinski definition) is 3. The van der Waals surface area contributed by atoms with Crippen molar-refractivity contribution in [2.45, 2.75) is 12.8 Å². The maximum Gasteiger partial charge on any atom is 0.229 e. The van der Waals surface area contributed by atoms with Gasteiger partial charge < -0.3 is 16.4 Å². The zero-order chi connectivity index (χ0) is 12.3. The van der Waals surface area contributed by atoms with Crippen LogP contribution in [0.3, 0.4) is 0 Å². The van der Waals surface area contributed by atoms with Crippen LogP contribution in [0.4, 0.5) is 11.5 Å². The molecule has 0 aliphatic carbocycles. The van der Waals surface area contributed by atoms with Crippen molar-refractivity contribution < 1.29 is 9.59 Å². The van der Waals surface area contributed by atoms with E-state index in [9.17, 15) is 9.59 Å². The third-order valence-electron chi connectivity index (χ3n) is 2.69. The summed E-state index contributed by atoms with van der Waals surface area (Å²) in [6, 6.07) is 3.32. The van der Waals surface area contributed by atoms with Crippen molar-refractivity contribution >= 4 is 35.7 Å². The molecule has 4 N–H and O–H groups in total. The Balaban J connectivity index is 0.00000162. The van der Waals surface area contributed by atoms with Crippen LogP contribution in [-0.4, -0.2) is 23.3 Å². The number of carbonyl (C=O) groups is 2. The second-order valence-electron chi connectivity index (χ2n) is 4.00. The van der Waals surface area contributed by atoms with Crippen molar-refractivity contribution in [3.63, 3.8) is 0 Å². The van der Waals surface area contributed by atoms with Crippen LogP contribution >= 0.6 is 12.4 Å². The molecule has 98 valence electrons. The van der Waals surface area contributed by atoms with Crippen LogP contribution in [0.2, 0.25) is 0 Å². The van der Waals surface area contributed by atoms with Gasteiger partial charge in [0.05, 0.1) is 17.8 Å². The Labute approximate surface area is 111 Å². The minimum Gasteiger partial charge on any atom is -0.384 e. The quantitative estimate of drug-likeness (QED) is 0.731. The summed E-state index contributed by atoms with van der Waals surface area (Å²) >= 11 is 0. The van der Waals surface area contributed by atoms with Gasteiger partial charge >= 0.3 is 0 Å². The second-order valence-corrected chi connectivity index (χ2v) is 4.00. The molecule has 1 unspecified atom stereocenters. The lowest BCUT2D eigenvalue weighted by molar-refractivity contribution is -0.126. The van der Waals surface area contributed by atoms with Gasteiger partial charge in [0.2, 0.25) is 11.8 Å². The summed E-state index contributed by atoms with van der Waals surface area (Å²) in [5.41, 5.74) is 6.06. The summed E-state index contributed by atoms with van der Waals surface area (Å²) in [5.74, 6) is 0.137. The van der Waals surface area contributed by atoms with E-state index in [2.05, 4.69) is 15.6 Å². The lowest BCUT2D eigenvalue weighted by atomic mass is 9.98. The van der Waals surface area contributed by atoms with Gasteiger partial charge in [0.15, 0.2) is 0 Å². The first-order valence-corrected chi connectivity index (χ1v) is 5.44. The van der Waals surface area contributed by atoms with Gasteiger partial charge in [-0.25, -0.2) is 4.98 Å². The van der Waals surface area contributed by atoms with Crippen LogP contribution < -0.4 is 16.4 Å². The van der Waals surface area contributed by atoms with Gasteiger partial charge in [-0.05, 0) is 18.6 Å². The number of amides is 2. The fraction of sp³-hybridized carbons (Fsp3) is 0.364. The highest BCUT2D eigenvalue weighted by atomic mass is 35.5. The zero-order valence-corrected chi connectivity index (χ0v) is 10.5. The van der Waals surface area contributed by atoms with E-state index in [-0.39, 0.29) is 30.1 Å². The molecule has 2 rings (SSSR count). The molecule has 1 aromatic rings. The molecule has 2 heterocycles. The average molecular weight is 271 g/mol. The Morgan fingerprint density at radius 3 is 2.83 bits per heavy atom. The van der Waals surface area contributed by atoms with E-state index in [1.165, 1.54) is 6.20 Å². The first-order valence-electron chi connectivity index (χ1n) is 5.44. The number of nitrogens with two attached hydrogens (primary N) is 1. The standard InChI is InChI=1S/C11H14N4O2.ClH/c12-9-3-2-8(6-13-9)15-11(17)7-1-4-10(16)14-5-7;/h2-3,6-7H,1,4-5H2,(H2,12,13)(H,14,16)(H,15,17);1H. The minimum atomic E-state index is -0.176. The fourth-order valence-electron chi connectivity index (χ4n) is 1.68. The highest BCUT2D eigenvalue weighted by Gasteiger charge is 2.24. The van der Waals surface area contributed by atoms with Crippen molar-refractivity contribution in [3.05, 3.63) is 18.3 Å². The number of nitrogens with zero attached hydrogens (tertiary/aromatic N) is 1. The van der Waals surface area contributed by atoms with Gasteiger partial charge in [0.1, 0.15) is 5.82 Å². The number of rotatable bonds is 2. The molecule has 1 saturated heterocycles. The van der Waals surface area contributed by atoms with Crippen molar-refractivity contribution in [1.29, 1.82) is 0 Å². The van der Waals surface area contributed by atoms with E-state index in [4.69, 9.17) is 5.73 Å². The highest BCUT2D eigenvalue weighted by molar-refractivity contribution is 5.93. The Morgan fingerprint density at radius 1 is 1.50 bits per heavy atom. The molecule has 1 aliphatic rings. The number of carbonyl (C=O) groups excluding carboxylic acids is 2. The van der Waals surface area contributed by atoms with Crippen molar-refractivity contribution in [2.75, 3.05) is 17.6 Å². The fourth-order valence-corrected chi connectivity index (χ4v) is 1.68. The van der Waals surface area contributed by atoms with Gasteiger partial charge in [-0.2, -0.15) is 0 Å². The molecule has 0 bridgehead atoms. The summed E-state index contributed by atoms with van der Waals surface area (Å²) in [6.07, 6.45) is 2.49. The Morgan fingerprint density at radius 2 is 2.28 bits per heavy atom. The second kappa shape index (κ2) is 6.20. The van der Waals surface area contributed by atoms with E-state index < -0.39 is 0 Å². The number of pyridine rings is 1. The molecular formula is C11H15ClN4O2. The van der Waals surface area contributed by atoms with Gasteiger partial charge in [0.25, 0.3) is 0 Å². The van der Waals surface area contributed by atoms with Crippen LogP contribution in [0, 0.1) is 5.92 Å². The first kappa shape index (κ1) is 14.2. The summed E-state index contributed by atoms with van der Waals surface area (Å²) in [5, 5.41) is 5.42. The number of nitrogens with one attached hydrogen (secondary N) is 2. The number of aromatic nitrogens is 1. The molecule has 0 radical (unpaired) electrons. The summed E-state index contributed by atoms with van der Waals surface area (Å²) in [6.45, 7) is 0.396. The smallest absolute Gasteiger partial charge is 0.229 e. The molecule has 0 saturated carbocycles. The normalized spacial score (nSPS) is 18.4. The van der Waals surface area contributed by atoms with E-state index in [1.54, 1.807) is 12.1 Å². The predicted molar refractivity (Wildman–Crippen MR) is 70.3 cm³/mol. The number of piperidine rings is 1. The Kier molecular flexibility index (Phi) is 4.91. The summed E-state index contributed by atoms with van der Waals surface area (Å²) < 4.78 is 0. The first-order chi connectivity index (χ1) is 8.15. The van der Waals surface area contributed by atoms with E-state index >= 15 is 0 Å². The monoisotopic (exact) mass is 270 g/mol. The van der Waals surface area contributed by atoms with Crippen LogP contribution in [-0.2, 0) is 9.59 Å². The molecule has 1 atom stereocenters. The Bertz CT molecular complexity index is 425. The molecule has 1 aromatic heterocycles. The van der Waals surface area contributed by atoms with Gasteiger partial charge in [0, 0.05) is 13.0 Å². The number of halogens is 1. The minimum absolute atomic E-state index is 0. The van der Waals surface area contributed by atoms with Gasteiger partial charge in [-0.15, -0.1) is 12.4 Å². The molecule has 18 heavy (non-hydrogen) atoms. The SMILES string of the molecule is Cl.Nc1ccc(NC(=O)C2CCC(=O)NC2)cn1. The third-order valence-corrected chi connectivity index (χ3v) is 2.69. The van der Waals surface area contributed by atoms with Gasteiger partial charge in [-0.1, -0.05) is 0 Å². The average Bonchev–Trinajstić information content (AvgIpc) is 2.33. The van der Waals surface area contributed by atoms with Crippen molar-refractivity contribution in [1.82, 2.24) is 10.3 Å². The van der Waals surface area contributed by atoms with Crippen molar-refractivity contribution in [3.8, 4) is 0 Å². The van der Waals surface area contributed by atoms with E-state index in [1.807, 2.05) is 0 Å². The third kappa shape index (κ3) is 3.59. The molecule has 6 nitrogen and oxygen atoms in total. The zero-order valence-electron chi connectivity index (χ0n) is 9.68. The number of hydrogen-bond acceptors (Lipinski definition) is 4. The largest absolute Gasteiger partial charge is 0.384 e. The lowest BCUT2D eigenvalue weighted by Crippen LogP contribution is -2.40. The predicted octanol–water partition coefficient (Wildman–Crippen LogP) is 0.550. The van der Waals surface area contributed by atoms with Crippen LogP contribution in [0.1, 0.15) is 12.8 Å². The maximum absolute atomic E-state index is 11.8. The molecule has 7 heteroatoms. The molecule has 1 fully saturated rings. The van der Waals surface area contributed by atoms with Crippen LogP contribution in [0.15, 0.2) is 18.3 Å². The maximum atomic E-state index is 11.8. The summed E-state index contributed by atoms with van der Waals surface area (Å²) in [4.78, 5) is 26.7. The number of anilines is 2. The van der Waals surface area contributed by atoms with E-state index in [0.717, 1.165) is 0 Å². The number of nitrogen functional groups attached to an aromatic ring is 1. The van der Waals surface area contributed by atoms with E-state index in [0.29, 0.717) is 30.9 Å². The molecular weight excluding hydrogens is 256 g/mol. The lowest BCUT2D eigenvalue weighted by Gasteiger charge is -2.21.